The number of unbranched alkanes of at least 4 members (excludes halogenated alkanes) is 49. The number of hydrogen-bond donors (Lipinski definition) is 0. The lowest BCUT2D eigenvalue weighted by Crippen LogP contribution is -2.37. The first-order valence-electron chi connectivity index (χ1n) is 37.8. The van der Waals surface area contributed by atoms with E-state index in [0.29, 0.717) is 17.4 Å². The van der Waals surface area contributed by atoms with Crippen LogP contribution in [0.4, 0.5) is 0 Å². The van der Waals surface area contributed by atoms with Gasteiger partial charge in [0.05, 0.1) is 27.7 Å². The Bertz CT molecular complexity index is 1610. The lowest BCUT2D eigenvalue weighted by molar-refractivity contribution is -0.870. The number of hydrogen-bond acceptors (Lipinski definition) is 8. The van der Waals surface area contributed by atoms with Crippen molar-refractivity contribution >= 4 is 19.8 Å². The van der Waals surface area contributed by atoms with E-state index in [4.69, 9.17) is 18.5 Å². The van der Waals surface area contributed by atoms with Gasteiger partial charge in [-0.15, -0.1) is 0 Å². The topological polar surface area (TPSA) is 111 Å². The molecule has 512 valence electrons. The molecule has 0 aliphatic carbocycles. The molecule has 0 rings (SSSR count). The van der Waals surface area contributed by atoms with Crippen LogP contribution in [0, 0.1) is 0 Å². The molecule has 0 aliphatic heterocycles. The highest BCUT2D eigenvalue weighted by Gasteiger charge is 2.22. The quantitative estimate of drug-likeness (QED) is 0.0195. The second kappa shape index (κ2) is 68.3. The van der Waals surface area contributed by atoms with E-state index in [2.05, 4.69) is 62.5 Å². The van der Waals surface area contributed by atoms with Gasteiger partial charge in [0.15, 0.2) is 6.10 Å². The predicted octanol–water partition coefficient (Wildman–Crippen LogP) is 24.1. The summed E-state index contributed by atoms with van der Waals surface area (Å²) in [5.41, 5.74) is 0. The molecular formula is C77H146NO8P. The van der Waals surface area contributed by atoms with Gasteiger partial charge < -0.3 is 27.9 Å². The second-order valence-corrected chi connectivity index (χ2v) is 28.4. The van der Waals surface area contributed by atoms with Crippen LogP contribution in [0.2, 0.25) is 0 Å². The molecule has 0 radical (unpaired) electrons. The van der Waals surface area contributed by atoms with Crippen LogP contribution in [0.25, 0.3) is 0 Å². The maximum atomic E-state index is 12.9. The summed E-state index contributed by atoms with van der Waals surface area (Å²) in [7, 11) is 1.19. The van der Waals surface area contributed by atoms with E-state index in [-0.39, 0.29) is 32.0 Å². The van der Waals surface area contributed by atoms with Crippen molar-refractivity contribution in [2.45, 2.75) is 386 Å². The van der Waals surface area contributed by atoms with Gasteiger partial charge in [-0.3, -0.25) is 14.2 Å². The van der Waals surface area contributed by atoms with Crippen LogP contribution < -0.4 is 4.89 Å². The Morgan fingerprint density at radius 1 is 0.368 bits per heavy atom. The Balaban J connectivity index is 3.90. The number of nitrogens with zero attached hydrogens (tertiary/aromatic N) is 1. The van der Waals surface area contributed by atoms with Crippen molar-refractivity contribution in [3.8, 4) is 0 Å². The molecular weight excluding hydrogens is 1100 g/mol. The number of allylic oxidation sites excluding steroid dienone is 8. The van der Waals surface area contributed by atoms with Crippen molar-refractivity contribution < 1.29 is 42.1 Å². The normalized spacial score (nSPS) is 13.3. The first-order chi connectivity index (χ1) is 42.5. The van der Waals surface area contributed by atoms with Gasteiger partial charge >= 0.3 is 11.9 Å². The summed E-state index contributed by atoms with van der Waals surface area (Å²) in [6.45, 7) is 4.21. The second-order valence-electron chi connectivity index (χ2n) is 27.0. The fourth-order valence-corrected chi connectivity index (χ4v) is 12.1. The molecule has 0 aliphatic rings. The molecule has 0 heterocycles. The molecule has 0 aromatic carbocycles. The average Bonchev–Trinajstić information content (AvgIpc) is 3.68. The number of esters is 2. The predicted molar refractivity (Wildman–Crippen MR) is 374 cm³/mol. The molecule has 9 nitrogen and oxygen atoms in total. The summed E-state index contributed by atoms with van der Waals surface area (Å²) in [5.74, 6) is -0.807. The van der Waals surface area contributed by atoms with E-state index in [9.17, 15) is 19.0 Å². The molecule has 0 fully saturated rings. The van der Waals surface area contributed by atoms with Gasteiger partial charge in [0.1, 0.15) is 19.8 Å². The zero-order valence-electron chi connectivity index (χ0n) is 58.5. The van der Waals surface area contributed by atoms with Gasteiger partial charge in [-0.2, -0.15) is 0 Å². The SMILES string of the molecule is CC/C=C\C/C=C\C/C=C\C/C=C\CCCCCCCCCCCCCCCCCCCCCCCCCCCCC(=O)OC(COC(=O)CCCCCCCCCCCCCCCCCCCCCCCCCC)COP(=O)([O-])OCC[N+](C)(C)C. The van der Waals surface area contributed by atoms with Crippen molar-refractivity contribution in [1.82, 2.24) is 0 Å². The van der Waals surface area contributed by atoms with Crippen molar-refractivity contribution in [3.05, 3.63) is 48.6 Å². The van der Waals surface area contributed by atoms with E-state index < -0.39 is 26.5 Å². The van der Waals surface area contributed by atoms with Gasteiger partial charge in [0.25, 0.3) is 7.82 Å². The van der Waals surface area contributed by atoms with E-state index in [1.165, 1.54) is 289 Å². The number of ether oxygens (including phenoxy) is 2. The largest absolute Gasteiger partial charge is 0.756 e. The summed E-state index contributed by atoms with van der Waals surface area (Å²) < 4.78 is 34.4. The van der Waals surface area contributed by atoms with Crippen LogP contribution in [-0.4, -0.2) is 70.0 Å². The molecule has 0 N–H and O–H groups in total. The number of quaternary nitrogens is 1. The smallest absolute Gasteiger partial charge is 0.306 e. The van der Waals surface area contributed by atoms with Gasteiger partial charge in [-0.1, -0.05) is 364 Å². The molecule has 87 heavy (non-hydrogen) atoms. The van der Waals surface area contributed by atoms with Crippen LogP contribution in [0.5, 0.6) is 0 Å². The highest BCUT2D eigenvalue weighted by atomic mass is 31.2. The Hall–Kier alpha value is -2.03. The van der Waals surface area contributed by atoms with Gasteiger partial charge in [0.2, 0.25) is 0 Å². The number of phosphoric acid groups is 1. The summed E-state index contributed by atoms with van der Waals surface area (Å²) in [4.78, 5) is 38.1. The van der Waals surface area contributed by atoms with Gasteiger partial charge in [-0.05, 0) is 51.4 Å². The molecule has 2 atom stereocenters. The molecule has 0 saturated heterocycles. The average molecular weight is 1240 g/mol. The van der Waals surface area contributed by atoms with Gasteiger partial charge in [-0.25, -0.2) is 0 Å². The Labute approximate surface area is 541 Å². The lowest BCUT2D eigenvalue weighted by atomic mass is 10.0. The fourth-order valence-electron chi connectivity index (χ4n) is 11.4. The highest BCUT2D eigenvalue weighted by Crippen LogP contribution is 2.38. The maximum absolute atomic E-state index is 12.9. The third-order valence-electron chi connectivity index (χ3n) is 17.1. The molecule has 0 bridgehead atoms. The summed E-state index contributed by atoms with van der Waals surface area (Å²) in [6.07, 6.45) is 89.4. The van der Waals surface area contributed by atoms with Gasteiger partial charge in [0, 0.05) is 12.8 Å². The highest BCUT2D eigenvalue weighted by molar-refractivity contribution is 7.45. The third kappa shape index (κ3) is 72.9. The Morgan fingerprint density at radius 2 is 0.655 bits per heavy atom. The minimum Gasteiger partial charge on any atom is -0.756 e. The number of carbonyl (C=O) groups is 2. The van der Waals surface area contributed by atoms with E-state index in [1.54, 1.807) is 0 Å². The summed E-state index contributed by atoms with van der Waals surface area (Å²) in [6, 6.07) is 0. The van der Waals surface area contributed by atoms with Crippen molar-refractivity contribution in [1.29, 1.82) is 0 Å². The molecule has 0 aromatic heterocycles. The molecule has 2 unspecified atom stereocenters. The van der Waals surface area contributed by atoms with Crippen LogP contribution in [0.15, 0.2) is 48.6 Å². The first kappa shape index (κ1) is 85.0. The molecule has 0 spiro atoms. The van der Waals surface area contributed by atoms with Crippen molar-refractivity contribution in [2.24, 2.45) is 0 Å². The molecule has 0 saturated carbocycles. The van der Waals surface area contributed by atoms with Crippen LogP contribution >= 0.6 is 7.82 Å². The van der Waals surface area contributed by atoms with Crippen LogP contribution in [0.3, 0.4) is 0 Å². The molecule has 10 heteroatoms. The monoisotopic (exact) mass is 1240 g/mol. The third-order valence-corrected chi connectivity index (χ3v) is 18.1. The number of rotatable bonds is 71. The zero-order valence-corrected chi connectivity index (χ0v) is 59.4. The van der Waals surface area contributed by atoms with E-state index in [0.717, 1.165) is 57.8 Å². The minimum absolute atomic E-state index is 0.0270. The number of likely N-dealkylation sites (N-methyl/N-ethyl adjacent to an activating group) is 1. The van der Waals surface area contributed by atoms with Crippen LogP contribution in [-0.2, 0) is 32.7 Å². The van der Waals surface area contributed by atoms with Crippen molar-refractivity contribution in [2.75, 3.05) is 47.5 Å². The number of carbonyl (C=O) groups excluding carboxylic acids is 2. The lowest BCUT2D eigenvalue weighted by Gasteiger charge is -2.28. The Kier molecular flexibility index (Phi) is 66.7. The molecule has 0 amide bonds. The maximum Gasteiger partial charge on any atom is 0.306 e. The Morgan fingerprint density at radius 3 is 0.977 bits per heavy atom. The first-order valence-corrected chi connectivity index (χ1v) is 39.3. The van der Waals surface area contributed by atoms with Crippen LogP contribution in [0.1, 0.15) is 380 Å². The zero-order chi connectivity index (χ0) is 63.4. The van der Waals surface area contributed by atoms with E-state index in [1.807, 2.05) is 21.1 Å². The van der Waals surface area contributed by atoms with Crippen molar-refractivity contribution in [3.63, 3.8) is 0 Å². The number of phosphoric ester groups is 1. The fraction of sp³-hybridized carbons (Fsp3) is 0.870. The summed E-state index contributed by atoms with van der Waals surface area (Å²) >= 11 is 0. The standard InChI is InChI=1S/C77H146NO8P/c1-6-8-10-12-14-16-18-20-22-24-26-28-30-32-33-34-35-36-37-38-39-40-41-42-43-44-45-46-48-50-52-54-56-58-60-62-64-66-68-70-77(80)86-75(74-85-87(81,82)84-72-71-78(3,4)5)73-83-76(79)69-67-65-63-61-59-57-55-53-51-49-47-31-29-27-25-23-21-19-17-15-13-11-9-7-2/h8,10,14,16,20,22,26,28,75H,6-7,9,11-13,15,17-19,21,23-25,27,29-74H2,1-5H3/b10-8-,16-14-,22-20-,28-26-. The molecule has 0 aromatic rings. The summed E-state index contributed by atoms with van der Waals surface area (Å²) in [5, 5.41) is 0. The minimum atomic E-state index is -4.64. The van der Waals surface area contributed by atoms with E-state index >= 15 is 0 Å².